The molecule has 2 aliphatic heterocycles. The van der Waals surface area contributed by atoms with Gasteiger partial charge in [0.25, 0.3) is 0 Å². The maximum absolute atomic E-state index is 5.12. The summed E-state index contributed by atoms with van der Waals surface area (Å²) in [6, 6.07) is 0. The van der Waals surface area contributed by atoms with Gasteiger partial charge in [-0.3, -0.25) is 0 Å². The molecule has 2 aliphatic rings. The molecular formula is C40H42N16. The van der Waals surface area contributed by atoms with E-state index in [1.54, 1.807) is 0 Å². The normalized spacial score (nSPS) is 12.1. The molecule has 7 aromatic rings. The van der Waals surface area contributed by atoms with Gasteiger partial charge in [0.1, 0.15) is 44.8 Å². The highest BCUT2D eigenvalue weighted by atomic mass is 15.1. The minimum atomic E-state index is 0.351. The number of H-pyrrole nitrogens is 2. The predicted molar refractivity (Wildman–Crippen MR) is 213 cm³/mol. The maximum Gasteiger partial charge on any atom is 0.184 e. The highest BCUT2D eigenvalue weighted by Crippen LogP contribution is 2.35. The van der Waals surface area contributed by atoms with Crippen LogP contribution in [0.5, 0.6) is 0 Å². The summed E-state index contributed by atoms with van der Waals surface area (Å²) in [4.78, 5) is 78.1. The Balaban J connectivity index is 1.50. The summed E-state index contributed by atoms with van der Waals surface area (Å²) in [5, 5.41) is 0. The fraction of sp³-hybridized carbons (Fsp3) is 0.400. The lowest BCUT2D eigenvalue weighted by Gasteiger charge is -2.07. The fourth-order valence-corrected chi connectivity index (χ4v) is 7.50. The van der Waals surface area contributed by atoms with Gasteiger partial charge < -0.3 is 9.97 Å². The van der Waals surface area contributed by atoms with Crippen molar-refractivity contribution in [3.05, 3.63) is 45.6 Å². The number of aromatic amines is 2. The number of hydrogen-bond acceptors (Lipinski definition) is 14. The Kier molecular flexibility index (Phi) is 8.70. The molecule has 0 aromatic carbocycles. The summed E-state index contributed by atoms with van der Waals surface area (Å²) in [7, 11) is 0. The lowest BCUT2D eigenvalue weighted by Crippen LogP contribution is -2.03. The number of rotatable bonds is 8. The van der Waals surface area contributed by atoms with Crippen molar-refractivity contribution in [1.82, 2.24) is 79.7 Å². The van der Waals surface area contributed by atoms with E-state index >= 15 is 0 Å². The molecule has 0 aliphatic carbocycles. The first kappa shape index (κ1) is 35.4. The van der Waals surface area contributed by atoms with Crippen LogP contribution in [0, 0.1) is 0 Å². The van der Waals surface area contributed by atoms with Gasteiger partial charge in [-0.05, 0) is 51.4 Å². The molecular weight excluding hydrogens is 705 g/mol. The molecule has 0 saturated carbocycles. The molecule has 0 radical (unpaired) electrons. The second kappa shape index (κ2) is 13.8. The average Bonchev–Trinajstić information content (AvgIpc) is 3.95. The summed E-state index contributed by atoms with van der Waals surface area (Å²) in [6.45, 7) is 16.6. The number of fused-ring (bicyclic) bond motifs is 20. The summed E-state index contributed by atoms with van der Waals surface area (Å²) < 4.78 is 0. The van der Waals surface area contributed by atoms with E-state index in [9.17, 15) is 0 Å². The lowest BCUT2D eigenvalue weighted by molar-refractivity contribution is 0.910. The van der Waals surface area contributed by atoms with Crippen LogP contribution >= 0.6 is 0 Å². The highest BCUT2D eigenvalue weighted by molar-refractivity contribution is 6.01. The van der Waals surface area contributed by atoms with Crippen LogP contribution in [0.2, 0.25) is 0 Å². The molecule has 0 atom stereocenters. The van der Waals surface area contributed by atoms with E-state index in [1.807, 2.05) is 0 Å². The van der Waals surface area contributed by atoms with Gasteiger partial charge in [0.05, 0.1) is 45.6 Å². The van der Waals surface area contributed by atoms with Crippen LogP contribution in [0.1, 0.15) is 101 Å². The average molecular weight is 747 g/mol. The molecule has 282 valence electrons. The van der Waals surface area contributed by atoms with Crippen LogP contribution in [0.15, 0.2) is 0 Å². The standard InChI is InChI=1S/C40H42N16/c1-9-17-18(10-2)42-26-25(41-17)33-49-34(26)54-36-29-30(46-22(14-6)21(13-5)45-29)38(51-36)56-40-32-31(47-23(15-7)24(16-8)48-32)39(52-40)55-37-28-27(35(50-37)53-33)43-19(11-3)20(12-4)44-28/h9-16H2,1-8H3,(H2,49,50,51,52,53,54,55,56). The first-order chi connectivity index (χ1) is 27.3. The monoisotopic (exact) mass is 746 g/mol. The zero-order valence-electron chi connectivity index (χ0n) is 32.9. The molecule has 2 N–H and O–H groups in total. The third kappa shape index (κ3) is 5.48. The van der Waals surface area contributed by atoms with E-state index in [-0.39, 0.29) is 0 Å². The molecule has 0 spiro atoms. The quantitative estimate of drug-likeness (QED) is 0.169. The summed E-state index contributed by atoms with van der Waals surface area (Å²) in [5.41, 5.74) is 13.2. The van der Waals surface area contributed by atoms with Crippen LogP contribution in [0.25, 0.3) is 90.7 Å². The zero-order chi connectivity index (χ0) is 38.8. The molecule has 0 amide bonds. The van der Waals surface area contributed by atoms with Crippen LogP contribution in [-0.2, 0) is 51.4 Å². The molecule has 16 nitrogen and oxygen atoms in total. The summed E-state index contributed by atoms with van der Waals surface area (Å²) in [6.07, 6.45) is 5.64. The summed E-state index contributed by atoms with van der Waals surface area (Å²) in [5.74, 6) is 1.40. The van der Waals surface area contributed by atoms with Crippen molar-refractivity contribution in [3.63, 3.8) is 0 Å². The maximum atomic E-state index is 5.12. The van der Waals surface area contributed by atoms with Gasteiger partial charge in [-0.2, -0.15) is 0 Å². The first-order valence-corrected chi connectivity index (χ1v) is 19.7. The smallest absolute Gasteiger partial charge is 0.184 e. The number of nitrogens with one attached hydrogen (secondary N) is 2. The molecule has 0 fully saturated rings. The third-order valence-corrected chi connectivity index (χ3v) is 10.4. The van der Waals surface area contributed by atoms with Crippen LogP contribution < -0.4 is 0 Å². The Morgan fingerprint density at radius 2 is 0.446 bits per heavy atom. The Morgan fingerprint density at radius 3 is 0.643 bits per heavy atom. The minimum Gasteiger partial charge on any atom is -0.321 e. The van der Waals surface area contributed by atoms with Crippen LogP contribution in [-0.4, -0.2) is 79.7 Å². The van der Waals surface area contributed by atoms with Crippen LogP contribution in [0.4, 0.5) is 0 Å². The third-order valence-electron chi connectivity index (χ3n) is 10.4. The molecule has 16 heteroatoms. The number of hydrogen-bond donors (Lipinski definition) is 2. The van der Waals surface area contributed by atoms with Crippen LogP contribution in [0.3, 0.4) is 0 Å². The van der Waals surface area contributed by atoms with E-state index in [2.05, 4.69) is 65.4 Å². The van der Waals surface area contributed by atoms with Crippen molar-refractivity contribution in [1.29, 1.82) is 0 Å². The number of aromatic nitrogens is 16. The van der Waals surface area contributed by atoms with E-state index in [0.717, 1.165) is 45.6 Å². The second-order valence-corrected chi connectivity index (χ2v) is 13.7. The van der Waals surface area contributed by atoms with E-state index in [4.69, 9.17) is 69.8 Å². The highest BCUT2D eigenvalue weighted by Gasteiger charge is 2.28. The van der Waals surface area contributed by atoms with Gasteiger partial charge in [0.2, 0.25) is 0 Å². The number of aryl methyl sites for hydroxylation is 8. The molecule has 0 unspecified atom stereocenters. The lowest BCUT2D eigenvalue weighted by atomic mass is 10.2. The van der Waals surface area contributed by atoms with Gasteiger partial charge in [0.15, 0.2) is 45.9 Å². The van der Waals surface area contributed by atoms with Crippen molar-refractivity contribution < 1.29 is 0 Å². The molecule has 0 saturated heterocycles. The minimum absolute atomic E-state index is 0.351. The van der Waals surface area contributed by atoms with Gasteiger partial charge in [-0.1, -0.05) is 55.4 Å². The van der Waals surface area contributed by atoms with Gasteiger partial charge >= 0.3 is 0 Å². The van der Waals surface area contributed by atoms with Gasteiger partial charge in [-0.25, -0.2) is 69.8 Å². The fourth-order valence-electron chi connectivity index (χ4n) is 7.50. The molecule has 9 rings (SSSR count). The number of nitrogens with zero attached hydrogens (tertiary/aromatic N) is 14. The molecule has 8 bridgehead atoms. The molecule has 7 aromatic heterocycles. The summed E-state index contributed by atoms with van der Waals surface area (Å²) >= 11 is 0. The van der Waals surface area contributed by atoms with Crippen molar-refractivity contribution in [3.8, 4) is 46.1 Å². The second-order valence-electron chi connectivity index (χ2n) is 13.7. The van der Waals surface area contributed by atoms with Crippen molar-refractivity contribution in [2.75, 3.05) is 0 Å². The van der Waals surface area contributed by atoms with Gasteiger partial charge in [0, 0.05) is 0 Å². The Labute approximate surface area is 322 Å². The topological polar surface area (TPSA) is 212 Å². The van der Waals surface area contributed by atoms with E-state index in [1.165, 1.54) is 0 Å². The zero-order valence-corrected chi connectivity index (χ0v) is 32.9. The Bertz CT molecular complexity index is 2540. The van der Waals surface area contributed by atoms with E-state index < -0.39 is 0 Å². The molecule has 56 heavy (non-hydrogen) atoms. The Morgan fingerprint density at radius 1 is 0.250 bits per heavy atom. The SMILES string of the molecule is CCc1nc2c(nc1CC)-c1nc-2nc2[nH]c(nc3nc(nc4[nH]c(n1)c1nc(CC)c(CC)nc41)-c1nc(CC)c(CC)nc1-3)c1nc(CC)c(CC)nc21. The van der Waals surface area contributed by atoms with Crippen molar-refractivity contribution in [2.24, 2.45) is 0 Å². The van der Waals surface area contributed by atoms with Crippen molar-refractivity contribution in [2.45, 2.75) is 107 Å². The van der Waals surface area contributed by atoms with Gasteiger partial charge in [-0.15, -0.1) is 0 Å². The molecule has 9 heterocycles. The van der Waals surface area contributed by atoms with Crippen molar-refractivity contribution >= 4 is 44.7 Å². The Hall–Kier alpha value is -6.32. The largest absolute Gasteiger partial charge is 0.321 e. The predicted octanol–water partition coefficient (Wildman–Crippen LogP) is 6.53. The van der Waals surface area contributed by atoms with E-state index in [0.29, 0.717) is 142 Å². The first-order valence-electron chi connectivity index (χ1n) is 19.7.